The molecule has 6 aromatic carbocycles. The van der Waals surface area contributed by atoms with E-state index in [2.05, 4.69) is 137 Å². The summed E-state index contributed by atoms with van der Waals surface area (Å²) in [5, 5.41) is 6.81. The van der Waals surface area contributed by atoms with Crippen LogP contribution in [0.5, 0.6) is 0 Å². The van der Waals surface area contributed by atoms with E-state index >= 15 is 0 Å². The summed E-state index contributed by atoms with van der Waals surface area (Å²) in [5.41, 5.74) is 5.87. The fraction of sp³-hybridized carbons (Fsp3) is 0.158. The molecule has 0 aliphatic heterocycles. The quantitative estimate of drug-likeness (QED) is 0.184. The standard InChI is InChI=1S/C38H34O3P2/c1-38(2,3)42(4)25-39-43-40-36-32(26-15-7-5-8-16-26)23-28-19-11-13-21-30(28)34(36)35-31-22-14-12-20-29(31)24-33(37(35)41-43)27-17-9-6-10-18-27/h5-24H,25H2,1-4H3. The number of fused-ring (bicyclic) bond motifs is 7. The smallest absolute Gasteiger partial charge is 0.387 e. The van der Waals surface area contributed by atoms with Crippen molar-refractivity contribution in [2.45, 2.75) is 25.9 Å². The molecule has 7 rings (SSSR count). The van der Waals surface area contributed by atoms with E-state index in [1.54, 1.807) is 0 Å². The van der Waals surface area contributed by atoms with Crippen molar-refractivity contribution in [1.82, 2.24) is 0 Å². The predicted octanol–water partition coefficient (Wildman–Crippen LogP) is 12.2. The zero-order valence-corrected chi connectivity index (χ0v) is 26.7. The van der Waals surface area contributed by atoms with E-state index in [1.807, 2.05) is 12.1 Å². The minimum atomic E-state index is -1.76. The van der Waals surface area contributed by atoms with Crippen molar-refractivity contribution in [2.24, 2.45) is 0 Å². The van der Waals surface area contributed by atoms with Gasteiger partial charge < -0.3 is 8.39 Å². The molecule has 0 radical (unpaired) electrons. The SMILES string of the molecule is CP(COp1oc2c(-c3ccccc3)cc3ccccc3c2c2c(o1)c(-c1ccccc1)cc1ccccc12)C(C)(C)C. The number of benzene rings is 6. The fourth-order valence-corrected chi connectivity index (χ4v) is 7.83. The lowest BCUT2D eigenvalue weighted by Crippen LogP contribution is -2.14. The first-order valence-corrected chi connectivity index (χ1v) is 17.7. The first kappa shape index (κ1) is 27.9. The normalized spacial score (nSPS) is 12.7. The van der Waals surface area contributed by atoms with Crippen LogP contribution < -0.4 is 4.52 Å². The molecular weight excluding hydrogens is 566 g/mol. The van der Waals surface area contributed by atoms with Gasteiger partial charge >= 0.3 is 8.24 Å². The second-order valence-corrected chi connectivity index (χ2v) is 16.0. The second-order valence-electron chi connectivity index (χ2n) is 12.0. The molecule has 0 aliphatic rings. The maximum Gasteiger partial charge on any atom is 0.387 e. The summed E-state index contributed by atoms with van der Waals surface area (Å²) in [6.07, 6.45) is 0.595. The average Bonchev–Trinajstić information content (AvgIpc) is 3.21. The third-order valence-electron chi connectivity index (χ3n) is 8.26. The Hall–Kier alpha value is -3.87. The van der Waals surface area contributed by atoms with Crippen LogP contribution in [0.4, 0.5) is 0 Å². The molecule has 1 aromatic heterocycles. The topological polar surface area (TPSA) is 35.5 Å². The van der Waals surface area contributed by atoms with Crippen molar-refractivity contribution in [3.63, 3.8) is 0 Å². The molecule has 214 valence electrons. The summed E-state index contributed by atoms with van der Waals surface area (Å²) in [4.78, 5) is 0. The Morgan fingerprint density at radius 2 is 1.02 bits per heavy atom. The molecule has 7 aromatic rings. The van der Waals surface area contributed by atoms with Gasteiger partial charge in [-0.1, -0.05) is 138 Å². The molecule has 0 saturated heterocycles. The van der Waals surface area contributed by atoms with Crippen LogP contribution in [-0.2, 0) is 0 Å². The molecule has 1 atom stereocenters. The highest BCUT2D eigenvalue weighted by Gasteiger charge is 2.23. The molecule has 1 unspecified atom stereocenters. The average molecular weight is 601 g/mol. The van der Waals surface area contributed by atoms with E-state index in [4.69, 9.17) is 12.9 Å². The minimum absolute atomic E-state index is 0.156. The van der Waals surface area contributed by atoms with E-state index < -0.39 is 16.2 Å². The Bertz CT molecular complexity index is 1990. The molecular formula is C38H34O3P2. The van der Waals surface area contributed by atoms with E-state index in [0.29, 0.717) is 6.35 Å². The van der Waals surface area contributed by atoms with Gasteiger partial charge in [0.1, 0.15) is 0 Å². The molecule has 0 spiro atoms. The van der Waals surface area contributed by atoms with E-state index in [-0.39, 0.29) is 5.16 Å². The van der Waals surface area contributed by atoms with Gasteiger partial charge in [-0.25, -0.2) is 0 Å². The Kier molecular flexibility index (Phi) is 7.36. The molecule has 0 amide bonds. The van der Waals surface area contributed by atoms with E-state index in [9.17, 15) is 0 Å². The van der Waals surface area contributed by atoms with Crippen LogP contribution in [0.3, 0.4) is 0 Å². The third kappa shape index (κ3) is 5.28. The van der Waals surface area contributed by atoms with Crippen molar-refractivity contribution < 1.29 is 12.9 Å². The largest absolute Gasteiger partial charge is 0.398 e. The van der Waals surface area contributed by atoms with Crippen LogP contribution in [0.2, 0.25) is 0 Å². The molecule has 5 heteroatoms. The maximum atomic E-state index is 6.97. The highest BCUT2D eigenvalue weighted by atomic mass is 31.1. The van der Waals surface area contributed by atoms with Crippen LogP contribution in [-0.4, -0.2) is 18.2 Å². The number of hydrogen-bond acceptors (Lipinski definition) is 3. The van der Waals surface area contributed by atoms with Gasteiger partial charge in [0.15, 0.2) is 11.2 Å². The molecule has 0 aliphatic carbocycles. The zero-order valence-electron chi connectivity index (χ0n) is 24.9. The second kappa shape index (κ2) is 11.3. The third-order valence-corrected chi connectivity index (χ3v) is 12.3. The lowest BCUT2D eigenvalue weighted by molar-refractivity contribution is 0.432. The van der Waals surface area contributed by atoms with Crippen LogP contribution >= 0.6 is 16.2 Å². The van der Waals surface area contributed by atoms with Gasteiger partial charge in [-0.2, -0.15) is 0 Å². The molecule has 0 N–H and O–H groups in total. The molecule has 0 bridgehead atoms. The van der Waals surface area contributed by atoms with E-state index in [1.165, 1.54) is 0 Å². The van der Waals surface area contributed by atoms with Crippen molar-refractivity contribution in [1.29, 1.82) is 0 Å². The molecule has 43 heavy (non-hydrogen) atoms. The zero-order chi connectivity index (χ0) is 29.6. The highest BCUT2D eigenvalue weighted by molar-refractivity contribution is 7.58. The maximum absolute atomic E-state index is 6.97. The monoisotopic (exact) mass is 600 g/mol. The van der Waals surface area contributed by atoms with Gasteiger partial charge in [0.25, 0.3) is 0 Å². The van der Waals surface area contributed by atoms with Gasteiger partial charge in [-0.15, -0.1) is 0 Å². The van der Waals surface area contributed by atoms with Crippen molar-refractivity contribution in [2.75, 3.05) is 13.0 Å². The Morgan fingerprint density at radius 3 is 1.47 bits per heavy atom. The van der Waals surface area contributed by atoms with Crippen LogP contribution in [0.25, 0.3) is 65.7 Å². The van der Waals surface area contributed by atoms with Gasteiger partial charge in [0.2, 0.25) is 0 Å². The number of rotatable bonds is 5. The van der Waals surface area contributed by atoms with Gasteiger partial charge in [-0.3, -0.25) is 4.52 Å². The first-order chi connectivity index (χ1) is 20.9. The molecule has 1 heterocycles. The summed E-state index contributed by atoms with van der Waals surface area (Å²) >= 11 is 0. The van der Waals surface area contributed by atoms with Crippen LogP contribution in [0.1, 0.15) is 20.8 Å². The lowest BCUT2D eigenvalue weighted by Gasteiger charge is -2.26. The number of hydrogen-bond donors (Lipinski definition) is 0. The van der Waals surface area contributed by atoms with E-state index in [0.717, 1.165) is 65.7 Å². The Balaban J connectivity index is 1.71. The van der Waals surface area contributed by atoms with Crippen LogP contribution in [0, 0.1) is 0 Å². The first-order valence-electron chi connectivity index (χ1n) is 14.6. The summed E-state index contributed by atoms with van der Waals surface area (Å²) < 4.78 is 20.6. The van der Waals surface area contributed by atoms with Crippen LogP contribution in [0.15, 0.2) is 130 Å². The predicted molar refractivity (Wildman–Crippen MR) is 186 cm³/mol. The summed E-state index contributed by atoms with van der Waals surface area (Å²) in [5.74, 6) is 0. The summed E-state index contributed by atoms with van der Waals surface area (Å²) in [6, 6.07) is 42.6. The molecule has 0 fully saturated rings. The molecule has 0 saturated carbocycles. The Labute approximate surface area is 254 Å². The van der Waals surface area contributed by atoms with Crippen molar-refractivity contribution in [3.05, 3.63) is 121 Å². The van der Waals surface area contributed by atoms with Gasteiger partial charge in [-0.05, 0) is 56.6 Å². The summed E-state index contributed by atoms with van der Waals surface area (Å²) in [7, 11) is -2.17. The summed E-state index contributed by atoms with van der Waals surface area (Å²) in [6.45, 7) is 9.10. The minimum Gasteiger partial charge on any atom is -0.398 e. The lowest BCUT2D eigenvalue weighted by atomic mass is 9.91. The van der Waals surface area contributed by atoms with Crippen molar-refractivity contribution in [3.8, 4) is 22.3 Å². The van der Waals surface area contributed by atoms with Crippen molar-refractivity contribution >= 4 is 59.6 Å². The molecule has 3 nitrogen and oxygen atoms in total. The van der Waals surface area contributed by atoms with Gasteiger partial charge in [0.05, 0.1) is 6.35 Å². The van der Waals surface area contributed by atoms with Gasteiger partial charge in [0, 0.05) is 21.9 Å². The Morgan fingerprint density at radius 1 is 0.605 bits per heavy atom. The highest BCUT2D eigenvalue weighted by Crippen LogP contribution is 2.49. The fourth-order valence-electron chi connectivity index (χ4n) is 5.56.